The van der Waals surface area contributed by atoms with Gasteiger partial charge < -0.3 is 15.4 Å². The molecule has 0 aliphatic heterocycles. The van der Waals surface area contributed by atoms with Crippen molar-refractivity contribution in [3.63, 3.8) is 0 Å². The fourth-order valence-corrected chi connectivity index (χ4v) is 4.44. The summed E-state index contributed by atoms with van der Waals surface area (Å²) in [5, 5.41) is 8.32. The van der Waals surface area contributed by atoms with Crippen LogP contribution in [0.5, 0.6) is 0 Å². The van der Waals surface area contributed by atoms with Gasteiger partial charge in [0.15, 0.2) is 0 Å². The predicted molar refractivity (Wildman–Crippen MR) is 130 cm³/mol. The normalized spacial score (nSPS) is 11.3. The summed E-state index contributed by atoms with van der Waals surface area (Å²) < 4.78 is 31.8. The Morgan fingerprint density at radius 1 is 0.939 bits per heavy atom. The Kier molecular flexibility index (Phi) is 9.68. The average Bonchev–Trinajstić information content (AvgIpc) is 2.77. The van der Waals surface area contributed by atoms with E-state index in [1.165, 1.54) is 16.4 Å². The standard InChI is InChI=1S/C23H32N4O5S/c1-5-27(6-2)33(30,31)21-12-8-11-20(14-21)25-22(28)15-24-18-9-7-10-19(13-18)26-23(29)32-16-17(3)4/h7-14,17,24H,5-6,15-16H2,1-4H3,(H,25,28)(H,26,29). The quantitative estimate of drug-likeness (QED) is 0.452. The number of hydrogen-bond acceptors (Lipinski definition) is 6. The molecule has 0 fully saturated rings. The largest absolute Gasteiger partial charge is 0.449 e. The van der Waals surface area contributed by atoms with Gasteiger partial charge in [-0.1, -0.05) is 39.8 Å². The smallest absolute Gasteiger partial charge is 0.411 e. The molecule has 0 spiro atoms. The first kappa shape index (κ1) is 26.1. The highest BCUT2D eigenvalue weighted by Crippen LogP contribution is 2.20. The Labute approximate surface area is 195 Å². The van der Waals surface area contributed by atoms with Crippen LogP contribution in [0, 0.1) is 5.92 Å². The number of benzene rings is 2. The van der Waals surface area contributed by atoms with Gasteiger partial charge in [-0.2, -0.15) is 4.31 Å². The second-order valence-electron chi connectivity index (χ2n) is 7.72. The number of hydrogen-bond donors (Lipinski definition) is 3. The van der Waals surface area contributed by atoms with E-state index in [-0.39, 0.29) is 23.3 Å². The van der Waals surface area contributed by atoms with Gasteiger partial charge in [0.1, 0.15) is 0 Å². The summed E-state index contributed by atoms with van der Waals surface area (Å²) in [4.78, 5) is 24.3. The molecule has 2 aromatic rings. The zero-order valence-corrected chi connectivity index (χ0v) is 20.2. The lowest BCUT2D eigenvalue weighted by molar-refractivity contribution is -0.114. The number of nitrogens with zero attached hydrogens (tertiary/aromatic N) is 1. The highest BCUT2D eigenvalue weighted by atomic mass is 32.2. The second-order valence-corrected chi connectivity index (χ2v) is 9.65. The third-order valence-corrected chi connectivity index (χ3v) is 6.62. The fraction of sp³-hybridized carbons (Fsp3) is 0.391. The SMILES string of the molecule is CCN(CC)S(=O)(=O)c1cccc(NC(=O)CNc2cccc(NC(=O)OCC(C)C)c2)c1. The van der Waals surface area contributed by atoms with E-state index < -0.39 is 16.1 Å². The van der Waals surface area contributed by atoms with Gasteiger partial charge in [-0.05, 0) is 42.3 Å². The first-order chi connectivity index (χ1) is 15.6. The van der Waals surface area contributed by atoms with Crippen LogP contribution in [0.15, 0.2) is 53.4 Å². The molecule has 180 valence electrons. The summed E-state index contributed by atoms with van der Waals surface area (Å²) in [5.41, 5.74) is 1.55. The molecule has 10 heteroatoms. The summed E-state index contributed by atoms with van der Waals surface area (Å²) in [6.45, 7) is 8.45. The number of ether oxygens (including phenoxy) is 1. The maximum atomic E-state index is 12.7. The first-order valence-corrected chi connectivity index (χ1v) is 12.3. The van der Waals surface area contributed by atoms with Crippen LogP contribution >= 0.6 is 0 Å². The zero-order chi connectivity index (χ0) is 24.4. The molecule has 0 aromatic heterocycles. The Morgan fingerprint density at radius 3 is 2.18 bits per heavy atom. The van der Waals surface area contributed by atoms with E-state index in [0.29, 0.717) is 36.8 Å². The zero-order valence-electron chi connectivity index (χ0n) is 19.4. The van der Waals surface area contributed by atoms with Gasteiger partial charge in [-0.25, -0.2) is 13.2 Å². The van der Waals surface area contributed by atoms with Crippen molar-refractivity contribution in [1.82, 2.24) is 4.31 Å². The molecule has 2 amide bonds. The third-order valence-electron chi connectivity index (χ3n) is 4.57. The van der Waals surface area contributed by atoms with Crippen molar-refractivity contribution < 1.29 is 22.7 Å². The molecule has 0 bridgehead atoms. The molecule has 0 unspecified atom stereocenters. The number of nitrogens with one attached hydrogen (secondary N) is 3. The van der Waals surface area contributed by atoms with Crippen LogP contribution in [0.1, 0.15) is 27.7 Å². The van der Waals surface area contributed by atoms with Gasteiger partial charge in [0, 0.05) is 30.2 Å². The van der Waals surface area contributed by atoms with E-state index in [9.17, 15) is 18.0 Å². The van der Waals surface area contributed by atoms with Crippen LogP contribution in [-0.2, 0) is 19.6 Å². The number of sulfonamides is 1. The summed E-state index contributed by atoms with van der Waals surface area (Å²) in [5.74, 6) is -0.109. The van der Waals surface area contributed by atoms with Crippen molar-refractivity contribution in [3.8, 4) is 0 Å². The Balaban J connectivity index is 1.95. The van der Waals surface area contributed by atoms with Crippen molar-refractivity contribution >= 4 is 39.1 Å². The second kappa shape index (κ2) is 12.2. The summed E-state index contributed by atoms with van der Waals surface area (Å²) in [7, 11) is -3.62. The van der Waals surface area contributed by atoms with Gasteiger partial charge in [0.25, 0.3) is 0 Å². The van der Waals surface area contributed by atoms with Crippen LogP contribution in [0.25, 0.3) is 0 Å². The van der Waals surface area contributed by atoms with Gasteiger partial charge >= 0.3 is 6.09 Å². The maximum absolute atomic E-state index is 12.7. The monoisotopic (exact) mass is 476 g/mol. The van der Waals surface area contributed by atoms with Gasteiger partial charge in [-0.15, -0.1) is 0 Å². The van der Waals surface area contributed by atoms with Gasteiger partial charge in [0.05, 0.1) is 18.0 Å². The summed E-state index contributed by atoms with van der Waals surface area (Å²) >= 11 is 0. The minimum atomic E-state index is -3.62. The molecule has 0 aliphatic rings. The number of carbonyl (C=O) groups is 2. The number of amides is 2. The lowest BCUT2D eigenvalue weighted by Crippen LogP contribution is -2.30. The predicted octanol–water partition coefficient (Wildman–Crippen LogP) is 3.97. The van der Waals surface area contributed by atoms with Gasteiger partial charge in [0.2, 0.25) is 15.9 Å². The van der Waals surface area contributed by atoms with Crippen LogP contribution in [-0.4, -0.2) is 51.0 Å². The van der Waals surface area contributed by atoms with Crippen molar-refractivity contribution in [1.29, 1.82) is 0 Å². The fourth-order valence-electron chi connectivity index (χ4n) is 2.94. The Bertz CT molecular complexity index is 1050. The molecular weight excluding hydrogens is 444 g/mol. The Hall–Kier alpha value is -3.11. The molecule has 0 radical (unpaired) electrons. The molecule has 2 aromatic carbocycles. The summed E-state index contributed by atoms with van der Waals surface area (Å²) in [6, 6.07) is 13.1. The lowest BCUT2D eigenvalue weighted by Gasteiger charge is -2.19. The number of anilines is 3. The minimum absolute atomic E-state index is 0.0473. The molecule has 3 N–H and O–H groups in total. The van der Waals surface area contributed by atoms with E-state index >= 15 is 0 Å². The molecule has 9 nitrogen and oxygen atoms in total. The van der Waals surface area contributed by atoms with Crippen molar-refractivity contribution in [3.05, 3.63) is 48.5 Å². The van der Waals surface area contributed by atoms with E-state index in [4.69, 9.17) is 4.74 Å². The molecule has 33 heavy (non-hydrogen) atoms. The van der Waals surface area contributed by atoms with Crippen LogP contribution in [0.2, 0.25) is 0 Å². The minimum Gasteiger partial charge on any atom is -0.449 e. The Morgan fingerprint density at radius 2 is 1.55 bits per heavy atom. The molecule has 2 rings (SSSR count). The topological polar surface area (TPSA) is 117 Å². The van der Waals surface area contributed by atoms with E-state index in [1.807, 2.05) is 13.8 Å². The van der Waals surface area contributed by atoms with E-state index in [2.05, 4.69) is 16.0 Å². The van der Waals surface area contributed by atoms with Crippen LogP contribution < -0.4 is 16.0 Å². The van der Waals surface area contributed by atoms with Crippen LogP contribution in [0.4, 0.5) is 21.9 Å². The molecule has 0 saturated heterocycles. The molecule has 0 atom stereocenters. The lowest BCUT2D eigenvalue weighted by atomic mass is 10.2. The van der Waals surface area contributed by atoms with Crippen LogP contribution in [0.3, 0.4) is 0 Å². The molecular formula is C23H32N4O5S. The van der Waals surface area contributed by atoms with E-state index in [1.54, 1.807) is 50.2 Å². The maximum Gasteiger partial charge on any atom is 0.411 e. The highest BCUT2D eigenvalue weighted by Gasteiger charge is 2.21. The summed E-state index contributed by atoms with van der Waals surface area (Å²) in [6.07, 6.45) is -0.543. The molecule has 0 aliphatic carbocycles. The van der Waals surface area contributed by atoms with Crippen molar-refractivity contribution in [2.75, 3.05) is 42.2 Å². The van der Waals surface area contributed by atoms with Crippen molar-refractivity contribution in [2.24, 2.45) is 5.92 Å². The highest BCUT2D eigenvalue weighted by molar-refractivity contribution is 7.89. The average molecular weight is 477 g/mol. The first-order valence-electron chi connectivity index (χ1n) is 10.8. The van der Waals surface area contributed by atoms with Crippen molar-refractivity contribution in [2.45, 2.75) is 32.6 Å². The number of rotatable bonds is 11. The number of carbonyl (C=O) groups excluding carboxylic acids is 2. The molecule has 0 heterocycles. The van der Waals surface area contributed by atoms with Gasteiger partial charge in [-0.3, -0.25) is 10.1 Å². The molecule has 0 saturated carbocycles. The van der Waals surface area contributed by atoms with E-state index in [0.717, 1.165) is 0 Å². The third kappa shape index (κ3) is 8.07.